The number of halogens is 1. The molecule has 3 aromatic rings. The van der Waals surface area contributed by atoms with Crippen LogP contribution in [0.4, 0.5) is 0 Å². The van der Waals surface area contributed by atoms with E-state index < -0.39 is 0 Å². The second-order valence-electron chi connectivity index (χ2n) is 4.42. The maximum absolute atomic E-state index is 12.4. The van der Waals surface area contributed by atoms with Gasteiger partial charge in [-0.1, -0.05) is 41.9 Å². The molecule has 3 rings (SSSR count). The Balaban J connectivity index is 2.32. The lowest BCUT2D eigenvalue weighted by Crippen LogP contribution is -2.06. The van der Waals surface area contributed by atoms with E-state index in [-0.39, 0.29) is 10.5 Å². The lowest BCUT2D eigenvalue weighted by Gasteiger charge is -2.08. The zero-order valence-electron chi connectivity index (χ0n) is 10.8. The SMILES string of the molecule is COc1ccc2[nH]c(-c3ccccc3)c(Cl)c(=O)c2c1. The maximum Gasteiger partial charge on any atom is 0.208 e. The van der Waals surface area contributed by atoms with E-state index in [2.05, 4.69) is 4.98 Å². The fourth-order valence-corrected chi connectivity index (χ4v) is 2.43. The number of benzene rings is 2. The summed E-state index contributed by atoms with van der Waals surface area (Å²) in [5.74, 6) is 0.631. The summed E-state index contributed by atoms with van der Waals surface area (Å²) < 4.78 is 5.14. The van der Waals surface area contributed by atoms with E-state index in [9.17, 15) is 4.79 Å². The van der Waals surface area contributed by atoms with Crippen LogP contribution in [0.1, 0.15) is 0 Å². The molecule has 0 bridgehead atoms. The van der Waals surface area contributed by atoms with Crippen LogP contribution in [0, 0.1) is 0 Å². The van der Waals surface area contributed by atoms with E-state index in [1.165, 1.54) is 0 Å². The van der Waals surface area contributed by atoms with Gasteiger partial charge in [-0.15, -0.1) is 0 Å². The number of hydrogen-bond donors (Lipinski definition) is 1. The number of hydrogen-bond acceptors (Lipinski definition) is 2. The van der Waals surface area contributed by atoms with Crippen molar-refractivity contribution in [2.75, 3.05) is 7.11 Å². The Labute approximate surface area is 120 Å². The van der Waals surface area contributed by atoms with Crippen LogP contribution in [-0.2, 0) is 0 Å². The summed E-state index contributed by atoms with van der Waals surface area (Å²) in [7, 11) is 1.56. The van der Waals surface area contributed by atoms with Crippen molar-refractivity contribution in [2.24, 2.45) is 0 Å². The van der Waals surface area contributed by atoms with Gasteiger partial charge in [0.1, 0.15) is 10.8 Å². The third kappa shape index (κ3) is 2.06. The number of pyridine rings is 1. The first-order valence-electron chi connectivity index (χ1n) is 6.15. The van der Waals surface area contributed by atoms with Gasteiger partial charge >= 0.3 is 0 Å². The van der Waals surface area contributed by atoms with Gasteiger partial charge in [-0.2, -0.15) is 0 Å². The number of nitrogens with one attached hydrogen (secondary N) is 1. The quantitative estimate of drug-likeness (QED) is 0.777. The molecule has 2 aromatic carbocycles. The smallest absolute Gasteiger partial charge is 0.208 e. The van der Waals surface area contributed by atoms with Crippen molar-refractivity contribution in [1.29, 1.82) is 0 Å². The minimum atomic E-state index is -0.196. The second-order valence-corrected chi connectivity index (χ2v) is 4.80. The molecule has 20 heavy (non-hydrogen) atoms. The molecule has 0 fully saturated rings. The highest BCUT2D eigenvalue weighted by atomic mass is 35.5. The second kappa shape index (κ2) is 5.02. The van der Waals surface area contributed by atoms with Crippen molar-refractivity contribution in [3.63, 3.8) is 0 Å². The molecule has 0 atom stereocenters. The predicted octanol–water partition coefficient (Wildman–Crippen LogP) is 3.86. The molecule has 0 aliphatic rings. The van der Waals surface area contributed by atoms with Crippen LogP contribution in [0.25, 0.3) is 22.2 Å². The van der Waals surface area contributed by atoms with Crippen molar-refractivity contribution in [3.8, 4) is 17.0 Å². The average Bonchev–Trinajstić information content (AvgIpc) is 2.51. The first kappa shape index (κ1) is 12.8. The molecule has 3 nitrogen and oxygen atoms in total. The Morgan fingerprint density at radius 2 is 1.85 bits per heavy atom. The van der Waals surface area contributed by atoms with Gasteiger partial charge in [-0.05, 0) is 23.8 Å². The number of ether oxygens (including phenoxy) is 1. The Bertz CT molecular complexity index is 825. The minimum Gasteiger partial charge on any atom is -0.497 e. The third-order valence-corrected chi connectivity index (χ3v) is 3.57. The summed E-state index contributed by atoms with van der Waals surface area (Å²) in [6.07, 6.45) is 0. The lowest BCUT2D eigenvalue weighted by molar-refractivity contribution is 0.415. The Morgan fingerprint density at radius 3 is 2.55 bits per heavy atom. The van der Waals surface area contributed by atoms with Gasteiger partial charge in [-0.25, -0.2) is 0 Å². The number of H-pyrrole nitrogens is 1. The van der Waals surface area contributed by atoms with Crippen LogP contribution >= 0.6 is 11.6 Å². The molecule has 1 aromatic heterocycles. The van der Waals surface area contributed by atoms with Crippen molar-refractivity contribution in [1.82, 2.24) is 4.98 Å². The van der Waals surface area contributed by atoms with E-state index in [0.29, 0.717) is 16.8 Å². The van der Waals surface area contributed by atoms with Crippen molar-refractivity contribution in [2.45, 2.75) is 0 Å². The van der Waals surface area contributed by atoms with Crippen LogP contribution in [0.3, 0.4) is 0 Å². The topological polar surface area (TPSA) is 42.1 Å². The Hall–Kier alpha value is -2.26. The van der Waals surface area contributed by atoms with Crippen LogP contribution in [-0.4, -0.2) is 12.1 Å². The molecule has 0 aliphatic heterocycles. The molecule has 0 saturated heterocycles. The summed E-state index contributed by atoms with van der Waals surface area (Å²) >= 11 is 6.22. The Kier molecular flexibility index (Phi) is 3.20. The fraction of sp³-hybridized carbons (Fsp3) is 0.0625. The van der Waals surface area contributed by atoms with Gasteiger partial charge in [0.2, 0.25) is 5.43 Å². The summed E-state index contributed by atoms with van der Waals surface area (Å²) in [5, 5.41) is 0.714. The molecule has 0 radical (unpaired) electrons. The number of methoxy groups -OCH3 is 1. The van der Waals surface area contributed by atoms with Crippen molar-refractivity contribution < 1.29 is 4.74 Å². The summed E-state index contributed by atoms with van der Waals surface area (Å²) in [6.45, 7) is 0. The molecular formula is C16H12ClNO2. The third-order valence-electron chi connectivity index (χ3n) is 3.21. The summed E-state index contributed by atoms with van der Waals surface area (Å²) in [4.78, 5) is 15.6. The van der Waals surface area contributed by atoms with Gasteiger partial charge in [0.15, 0.2) is 0 Å². The van der Waals surface area contributed by atoms with E-state index in [1.54, 1.807) is 19.2 Å². The Morgan fingerprint density at radius 1 is 1.10 bits per heavy atom. The monoisotopic (exact) mass is 285 g/mol. The number of rotatable bonds is 2. The molecule has 100 valence electrons. The number of aromatic nitrogens is 1. The molecule has 4 heteroatoms. The summed E-state index contributed by atoms with van der Waals surface area (Å²) in [6, 6.07) is 14.9. The van der Waals surface area contributed by atoms with Crippen LogP contribution < -0.4 is 10.2 Å². The first-order chi connectivity index (χ1) is 9.70. The first-order valence-corrected chi connectivity index (χ1v) is 6.53. The molecule has 0 aliphatic carbocycles. The van der Waals surface area contributed by atoms with E-state index in [0.717, 1.165) is 11.1 Å². The normalized spacial score (nSPS) is 10.7. The molecule has 0 spiro atoms. The van der Waals surface area contributed by atoms with Gasteiger partial charge < -0.3 is 9.72 Å². The van der Waals surface area contributed by atoms with Crippen LogP contribution in [0.2, 0.25) is 5.02 Å². The van der Waals surface area contributed by atoms with E-state index >= 15 is 0 Å². The van der Waals surface area contributed by atoms with Crippen LogP contribution in [0.5, 0.6) is 5.75 Å². The van der Waals surface area contributed by atoms with Gasteiger partial charge in [-0.3, -0.25) is 4.79 Å². The van der Waals surface area contributed by atoms with E-state index in [1.807, 2.05) is 36.4 Å². The van der Waals surface area contributed by atoms with Gasteiger partial charge in [0.25, 0.3) is 0 Å². The molecule has 0 unspecified atom stereocenters. The number of aromatic amines is 1. The maximum atomic E-state index is 12.4. The van der Waals surface area contributed by atoms with Gasteiger partial charge in [0.05, 0.1) is 23.7 Å². The minimum absolute atomic E-state index is 0.192. The van der Waals surface area contributed by atoms with Crippen LogP contribution in [0.15, 0.2) is 53.3 Å². The highest BCUT2D eigenvalue weighted by molar-refractivity contribution is 6.33. The number of fused-ring (bicyclic) bond motifs is 1. The highest BCUT2D eigenvalue weighted by Crippen LogP contribution is 2.26. The van der Waals surface area contributed by atoms with E-state index in [4.69, 9.17) is 16.3 Å². The van der Waals surface area contributed by atoms with Crippen molar-refractivity contribution in [3.05, 3.63) is 63.8 Å². The van der Waals surface area contributed by atoms with Crippen molar-refractivity contribution >= 4 is 22.5 Å². The average molecular weight is 286 g/mol. The fourth-order valence-electron chi connectivity index (χ4n) is 2.17. The standard InChI is InChI=1S/C16H12ClNO2/c1-20-11-7-8-13-12(9-11)16(19)14(17)15(18-13)10-5-3-2-4-6-10/h2-9H,1H3,(H,18,19). The molecule has 1 heterocycles. The zero-order chi connectivity index (χ0) is 14.1. The lowest BCUT2D eigenvalue weighted by atomic mass is 10.1. The highest BCUT2D eigenvalue weighted by Gasteiger charge is 2.12. The van der Waals surface area contributed by atoms with Gasteiger partial charge in [0, 0.05) is 0 Å². The predicted molar refractivity (Wildman–Crippen MR) is 81.6 cm³/mol. The molecular weight excluding hydrogens is 274 g/mol. The largest absolute Gasteiger partial charge is 0.497 e. The zero-order valence-corrected chi connectivity index (χ0v) is 11.6. The molecule has 1 N–H and O–H groups in total. The summed E-state index contributed by atoms with van der Waals surface area (Å²) in [5.41, 5.74) is 2.06. The molecule has 0 amide bonds. The molecule has 0 saturated carbocycles.